The van der Waals surface area contributed by atoms with E-state index >= 15 is 0 Å². The predicted octanol–water partition coefficient (Wildman–Crippen LogP) is 7.44. The molecule has 3 aromatic carbocycles. The molecule has 2 N–H and O–H groups in total. The number of rotatable bonds is 2. The van der Waals surface area contributed by atoms with Crippen LogP contribution in [0.15, 0.2) is 87.8 Å². The zero-order chi connectivity index (χ0) is 23.7. The van der Waals surface area contributed by atoms with Gasteiger partial charge in [0.15, 0.2) is 10.9 Å². The van der Waals surface area contributed by atoms with E-state index in [-0.39, 0.29) is 10.9 Å². The minimum absolute atomic E-state index is 0.0325. The van der Waals surface area contributed by atoms with Gasteiger partial charge in [0.05, 0.1) is 11.0 Å². The Morgan fingerprint density at radius 1 is 0.600 bits per heavy atom. The number of pyridine rings is 2. The number of H-pyrrole nitrogens is 2. The Morgan fingerprint density at radius 3 is 1.91 bits per heavy atom. The fourth-order valence-electron chi connectivity index (χ4n) is 4.76. The molecule has 7 aromatic rings. The highest BCUT2D eigenvalue weighted by atomic mass is 32.1. The van der Waals surface area contributed by atoms with E-state index < -0.39 is 0 Å². The number of hydrogen-bond acceptors (Lipinski definition) is 4. The summed E-state index contributed by atoms with van der Waals surface area (Å²) in [7, 11) is 0. The Morgan fingerprint density at radius 2 is 1.23 bits per heavy atom. The maximum absolute atomic E-state index is 13.6. The van der Waals surface area contributed by atoms with Crippen molar-refractivity contribution < 1.29 is 0 Å². The second kappa shape index (κ2) is 7.50. The van der Waals surface area contributed by atoms with Crippen molar-refractivity contribution in [3.8, 4) is 20.2 Å². The molecule has 0 radical (unpaired) electrons. The fraction of sp³-hybridized carbons (Fsp3) is 0.0345. The van der Waals surface area contributed by atoms with Gasteiger partial charge in [-0.2, -0.15) is 0 Å². The van der Waals surface area contributed by atoms with Gasteiger partial charge in [0.25, 0.3) is 0 Å². The molecule has 4 heterocycles. The van der Waals surface area contributed by atoms with Gasteiger partial charge in [-0.1, -0.05) is 23.8 Å². The quantitative estimate of drug-likeness (QED) is 0.247. The van der Waals surface area contributed by atoms with Gasteiger partial charge in [0.1, 0.15) is 0 Å². The molecular weight excluding hydrogens is 472 g/mol. The van der Waals surface area contributed by atoms with Crippen molar-refractivity contribution >= 4 is 66.3 Å². The summed E-state index contributed by atoms with van der Waals surface area (Å²) in [6.07, 6.45) is 0. The number of hydrogen-bond donors (Lipinski definition) is 2. The minimum atomic E-state index is -0.0441. The first kappa shape index (κ1) is 20.4. The van der Waals surface area contributed by atoms with Crippen LogP contribution in [0.4, 0.5) is 0 Å². The third-order valence-corrected chi connectivity index (χ3v) is 8.72. The molecule has 35 heavy (non-hydrogen) atoms. The maximum atomic E-state index is 13.6. The van der Waals surface area contributed by atoms with Crippen molar-refractivity contribution in [2.45, 2.75) is 6.92 Å². The Labute approximate surface area is 207 Å². The molecular formula is C29H18N2O2S2. The van der Waals surface area contributed by atoms with E-state index in [1.807, 2.05) is 43.3 Å². The van der Waals surface area contributed by atoms with Crippen molar-refractivity contribution in [2.24, 2.45) is 0 Å². The number of aromatic amines is 2. The van der Waals surface area contributed by atoms with Crippen molar-refractivity contribution in [2.75, 3.05) is 0 Å². The van der Waals surface area contributed by atoms with Gasteiger partial charge in [-0.05, 0) is 72.5 Å². The zero-order valence-corrected chi connectivity index (χ0v) is 20.3. The van der Waals surface area contributed by atoms with Crippen LogP contribution in [0.2, 0.25) is 0 Å². The predicted molar refractivity (Wildman–Crippen MR) is 149 cm³/mol. The topological polar surface area (TPSA) is 65.7 Å². The van der Waals surface area contributed by atoms with Crippen LogP contribution < -0.4 is 10.9 Å². The molecule has 0 amide bonds. The Kier molecular flexibility index (Phi) is 4.37. The summed E-state index contributed by atoms with van der Waals surface area (Å²) in [5, 5.41) is 4.51. The maximum Gasteiger partial charge on any atom is 0.197 e. The normalized spacial score (nSPS) is 11.8. The SMILES string of the molecule is Cc1ccc2[nH]c3cc4c(=O)c5cc(-c6ccc(-c7cccs7)s6)ccc5[nH]c4cc3c(=O)c2c1. The smallest absolute Gasteiger partial charge is 0.197 e. The molecule has 0 fully saturated rings. The highest BCUT2D eigenvalue weighted by molar-refractivity contribution is 7.23. The fourth-order valence-corrected chi connectivity index (χ4v) is 6.59. The molecule has 0 bridgehead atoms. The Bertz CT molecular complexity index is 2060. The molecule has 0 atom stereocenters. The first-order chi connectivity index (χ1) is 17.0. The van der Waals surface area contributed by atoms with Crippen molar-refractivity contribution in [3.63, 3.8) is 0 Å². The lowest BCUT2D eigenvalue weighted by Crippen LogP contribution is -2.08. The summed E-state index contributed by atoms with van der Waals surface area (Å²) in [5.41, 5.74) is 4.83. The van der Waals surface area contributed by atoms with E-state index in [0.717, 1.165) is 27.0 Å². The third kappa shape index (κ3) is 3.18. The van der Waals surface area contributed by atoms with Crippen LogP contribution in [0.5, 0.6) is 0 Å². The molecule has 0 aliphatic rings. The standard InChI is InChI=1S/C29H18N2O2S2/c1-15-4-6-21-17(11-15)28(32)19-13-24-20(14-23(19)30-21)29(33)18-12-16(5-7-22(18)31-24)25-8-9-27(35-25)26-3-2-10-34-26/h2-14H,1H3,(H,30,32)(H,31,33). The second-order valence-electron chi connectivity index (χ2n) is 8.80. The van der Waals surface area contributed by atoms with Crippen LogP contribution in [0.25, 0.3) is 63.8 Å². The van der Waals surface area contributed by atoms with E-state index in [2.05, 4.69) is 39.6 Å². The van der Waals surface area contributed by atoms with Crippen LogP contribution in [-0.2, 0) is 0 Å². The van der Waals surface area contributed by atoms with E-state index in [1.54, 1.807) is 34.8 Å². The van der Waals surface area contributed by atoms with Gasteiger partial charge >= 0.3 is 0 Å². The second-order valence-corrected chi connectivity index (χ2v) is 10.8. The van der Waals surface area contributed by atoms with Gasteiger partial charge in [0.2, 0.25) is 0 Å². The summed E-state index contributed by atoms with van der Waals surface area (Å²) < 4.78 is 0. The molecule has 4 nitrogen and oxygen atoms in total. The van der Waals surface area contributed by atoms with Gasteiger partial charge in [-0.25, -0.2) is 0 Å². The minimum Gasteiger partial charge on any atom is -0.354 e. The number of aryl methyl sites for hydroxylation is 1. The average molecular weight is 491 g/mol. The lowest BCUT2D eigenvalue weighted by molar-refractivity contribution is 1.43. The van der Waals surface area contributed by atoms with Crippen molar-refractivity contribution in [1.82, 2.24) is 9.97 Å². The van der Waals surface area contributed by atoms with E-state index in [0.29, 0.717) is 32.6 Å². The highest BCUT2D eigenvalue weighted by Crippen LogP contribution is 2.37. The highest BCUT2D eigenvalue weighted by Gasteiger charge is 2.13. The van der Waals surface area contributed by atoms with E-state index in [4.69, 9.17) is 0 Å². The lowest BCUT2D eigenvalue weighted by Gasteiger charge is -2.08. The lowest BCUT2D eigenvalue weighted by atomic mass is 10.0. The van der Waals surface area contributed by atoms with Gasteiger partial charge < -0.3 is 9.97 Å². The van der Waals surface area contributed by atoms with Crippen molar-refractivity contribution in [1.29, 1.82) is 0 Å². The summed E-state index contributed by atoms with van der Waals surface area (Å²) in [4.78, 5) is 37.1. The number of nitrogens with one attached hydrogen (secondary N) is 2. The summed E-state index contributed by atoms with van der Waals surface area (Å²) in [5.74, 6) is 0. The van der Waals surface area contributed by atoms with Crippen LogP contribution in [-0.4, -0.2) is 9.97 Å². The molecule has 0 aliphatic heterocycles. The zero-order valence-electron chi connectivity index (χ0n) is 18.6. The van der Waals surface area contributed by atoms with Crippen LogP contribution in [0.3, 0.4) is 0 Å². The average Bonchev–Trinajstić information content (AvgIpc) is 3.57. The van der Waals surface area contributed by atoms with E-state index in [9.17, 15) is 9.59 Å². The summed E-state index contributed by atoms with van der Waals surface area (Å²) >= 11 is 3.45. The first-order valence-electron chi connectivity index (χ1n) is 11.3. The molecule has 6 heteroatoms. The summed E-state index contributed by atoms with van der Waals surface area (Å²) in [6, 6.07) is 23.8. The Balaban J connectivity index is 1.44. The number of thiophene rings is 2. The number of fused-ring (bicyclic) bond motifs is 4. The first-order valence-corrected chi connectivity index (χ1v) is 12.9. The largest absolute Gasteiger partial charge is 0.354 e. The number of aromatic nitrogens is 2. The summed E-state index contributed by atoms with van der Waals surface area (Å²) in [6.45, 7) is 1.97. The number of benzene rings is 3. The van der Waals surface area contributed by atoms with Crippen LogP contribution in [0, 0.1) is 6.92 Å². The van der Waals surface area contributed by atoms with Crippen LogP contribution >= 0.6 is 22.7 Å². The molecule has 7 rings (SSSR count). The monoisotopic (exact) mass is 490 g/mol. The molecule has 0 saturated heterocycles. The van der Waals surface area contributed by atoms with Gasteiger partial charge in [-0.3, -0.25) is 9.59 Å². The molecule has 4 aromatic heterocycles. The van der Waals surface area contributed by atoms with Gasteiger partial charge in [0, 0.05) is 47.2 Å². The molecule has 168 valence electrons. The van der Waals surface area contributed by atoms with Crippen molar-refractivity contribution in [3.05, 3.63) is 104 Å². The molecule has 0 saturated carbocycles. The molecule has 0 unspecified atom stereocenters. The molecule has 0 spiro atoms. The van der Waals surface area contributed by atoms with E-state index in [1.165, 1.54) is 9.75 Å². The van der Waals surface area contributed by atoms with Crippen LogP contribution in [0.1, 0.15) is 5.56 Å². The Hall–Kier alpha value is -4.00. The molecule has 0 aliphatic carbocycles. The third-order valence-electron chi connectivity index (χ3n) is 6.52. The van der Waals surface area contributed by atoms with Gasteiger partial charge in [-0.15, -0.1) is 22.7 Å².